The number of tetrazole rings is 1. The van der Waals surface area contributed by atoms with E-state index in [1.807, 2.05) is 55.5 Å². The van der Waals surface area contributed by atoms with Gasteiger partial charge in [0.15, 0.2) is 5.58 Å². The summed E-state index contributed by atoms with van der Waals surface area (Å²) in [5.41, 5.74) is 4.56. The van der Waals surface area contributed by atoms with Gasteiger partial charge in [-0.05, 0) is 48.0 Å². The molecule has 126 valence electrons. The summed E-state index contributed by atoms with van der Waals surface area (Å²) in [6.45, 7) is 1.96. The maximum atomic E-state index is 9.21. The lowest BCUT2D eigenvalue weighted by molar-refractivity contribution is 0.620. The van der Waals surface area contributed by atoms with Crippen LogP contribution in [-0.2, 0) is 0 Å². The number of hydrogen-bond donors (Lipinski definition) is 2. The maximum absolute atomic E-state index is 9.21. The first-order valence-corrected chi connectivity index (χ1v) is 7.82. The van der Waals surface area contributed by atoms with Gasteiger partial charge in [0.05, 0.1) is 0 Å². The molecule has 26 heavy (non-hydrogen) atoms. The molecule has 2 aromatic heterocycles. The van der Waals surface area contributed by atoms with Gasteiger partial charge in [-0.1, -0.05) is 12.1 Å². The molecule has 0 saturated carbocycles. The Balaban J connectivity index is 1.61. The number of nitriles is 1. The average Bonchev–Trinajstić information content (AvgIpc) is 3.33. The highest BCUT2D eigenvalue weighted by Gasteiger charge is 2.10. The lowest BCUT2D eigenvalue weighted by Crippen LogP contribution is -1.95. The van der Waals surface area contributed by atoms with E-state index in [-0.39, 0.29) is 11.4 Å². The Bertz CT molecular complexity index is 1100. The van der Waals surface area contributed by atoms with Crippen molar-refractivity contribution in [3.8, 4) is 17.5 Å². The van der Waals surface area contributed by atoms with Gasteiger partial charge in [0.25, 0.3) is 0 Å². The molecule has 0 fully saturated rings. The van der Waals surface area contributed by atoms with Crippen molar-refractivity contribution in [3.63, 3.8) is 0 Å². The second-order valence-electron chi connectivity index (χ2n) is 5.57. The van der Waals surface area contributed by atoms with E-state index in [1.165, 1.54) is 0 Å². The summed E-state index contributed by atoms with van der Waals surface area (Å²) in [7, 11) is 0. The Labute approximate surface area is 148 Å². The van der Waals surface area contributed by atoms with E-state index in [0.717, 1.165) is 27.9 Å². The van der Waals surface area contributed by atoms with Gasteiger partial charge in [-0.3, -0.25) is 0 Å². The molecule has 2 N–H and O–H groups in total. The summed E-state index contributed by atoms with van der Waals surface area (Å²) >= 11 is 0. The van der Waals surface area contributed by atoms with Crippen LogP contribution < -0.4 is 5.32 Å². The minimum absolute atomic E-state index is 0.237. The first-order chi connectivity index (χ1) is 12.7. The van der Waals surface area contributed by atoms with Crippen molar-refractivity contribution in [3.05, 3.63) is 60.1 Å². The van der Waals surface area contributed by atoms with Crippen LogP contribution in [0.1, 0.15) is 11.4 Å². The number of H-pyrrole nitrogens is 1. The van der Waals surface area contributed by atoms with Gasteiger partial charge < -0.3 is 9.73 Å². The van der Waals surface area contributed by atoms with Crippen LogP contribution in [0.4, 0.5) is 5.69 Å². The van der Waals surface area contributed by atoms with Crippen LogP contribution in [-0.4, -0.2) is 25.6 Å². The third-order valence-corrected chi connectivity index (χ3v) is 3.85. The fourth-order valence-corrected chi connectivity index (χ4v) is 2.53. The first kappa shape index (κ1) is 15.5. The van der Waals surface area contributed by atoms with Crippen molar-refractivity contribution < 1.29 is 4.42 Å². The predicted octanol–water partition coefficient (Wildman–Crippen LogP) is 3.29. The fraction of sp³-hybridized carbons (Fsp3) is 0.0556. The van der Waals surface area contributed by atoms with E-state index >= 15 is 0 Å². The van der Waals surface area contributed by atoms with Gasteiger partial charge in [-0.25, -0.2) is 4.98 Å². The SMILES string of the molecule is Cc1cc(-c2nc3ccccc3o2)ccc1NC=C(C#N)c1nn[nH]n1. The molecule has 0 unspecified atom stereocenters. The van der Waals surface area contributed by atoms with Crippen molar-refractivity contribution in [2.45, 2.75) is 6.92 Å². The van der Waals surface area contributed by atoms with Crippen LogP contribution in [0.5, 0.6) is 0 Å². The number of allylic oxidation sites excluding steroid dienone is 1. The standard InChI is InChI=1S/C18H13N7O/c1-11-8-12(18-21-15-4-2-3-5-16(15)26-18)6-7-14(11)20-10-13(9-19)17-22-24-25-23-17/h2-8,10,20H,1H3,(H,22,23,24,25). The average molecular weight is 343 g/mol. The van der Waals surface area contributed by atoms with Crippen LogP contribution in [0.2, 0.25) is 0 Å². The van der Waals surface area contributed by atoms with Crippen molar-refractivity contribution in [2.24, 2.45) is 0 Å². The molecule has 4 aromatic rings. The molecule has 4 rings (SSSR count). The van der Waals surface area contributed by atoms with Crippen LogP contribution in [0.25, 0.3) is 28.1 Å². The van der Waals surface area contributed by atoms with E-state index in [4.69, 9.17) is 4.42 Å². The summed E-state index contributed by atoms with van der Waals surface area (Å²) in [4.78, 5) is 4.51. The van der Waals surface area contributed by atoms with Gasteiger partial charge in [0, 0.05) is 17.5 Å². The third kappa shape index (κ3) is 2.89. The molecule has 2 heterocycles. The van der Waals surface area contributed by atoms with Crippen molar-refractivity contribution in [1.82, 2.24) is 25.6 Å². The number of anilines is 1. The van der Waals surface area contributed by atoms with Crippen LogP contribution in [0.3, 0.4) is 0 Å². The predicted molar refractivity (Wildman–Crippen MR) is 95.6 cm³/mol. The Morgan fingerprint density at radius 2 is 2.15 bits per heavy atom. The molecule has 0 aliphatic rings. The molecule has 0 bridgehead atoms. The Hall–Kier alpha value is -3.99. The van der Waals surface area contributed by atoms with Crippen LogP contribution in [0, 0.1) is 18.3 Å². The molecule has 0 atom stereocenters. The molecule has 2 aromatic carbocycles. The zero-order chi connectivity index (χ0) is 17.9. The van der Waals surface area contributed by atoms with E-state index in [2.05, 4.69) is 30.9 Å². The monoisotopic (exact) mass is 343 g/mol. The lowest BCUT2D eigenvalue weighted by atomic mass is 10.1. The van der Waals surface area contributed by atoms with E-state index in [0.29, 0.717) is 5.89 Å². The summed E-state index contributed by atoms with van der Waals surface area (Å²) in [5.74, 6) is 0.807. The number of nitrogens with one attached hydrogen (secondary N) is 2. The molecule has 0 aliphatic heterocycles. The maximum Gasteiger partial charge on any atom is 0.227 e. The van der Waals surface area contributed by atoms with E-state index in [9.17, 15) is 5.26 Å². The highest BCUT2D eigenvalue weighted by molar-refractivity contribution is 5.77. The molecule has 0 aliphatic carbocycles. The number of benzene rings is 2. The number of para-hydroxylation sites is 2. The zero-order valence-electron chi connectivity index (χ0n) is 13.8. The normalized spacial score (nSPS) is 11.5. The van der Waals surface area contributed by atoms with Crippen LogP contribution >= 0.6 is 0 Å². The number of hydrogen-bond acceptors (Lipinski definition) is 7. The Morgan fingerprint density at radius 1 is 1.27 bits per heavy atom. The molecule has 0 amide bonds. The molecule has 0 spiro atoms. The van der Waals surface area contributed by atoms with Crippen molar-refractivity contribution in [1.29, 1.82) is 5.26 Å². The molecule has 8 nitrogen and oxygen atoms in total. The van der Waals surface area contributed by atoms with E-state index in [1.54, 1.807) is 6.20 Å². The van der Waals surface area contributed by atoms with Crippen molar-refractivity contribution >= 4 is 22.4 Å². The minimum atomic E-state index is 0.237. The summed E-state index contributed by atoms with van der Waals surface area (Å²) in [6.07, 6.45) is 1.55. The van der Waals surface area contributed by atoms with Crippen LogP contribution in [0.15, 0.2) is 53.1 Å². The number of oxazole rings is 1. The fourth-order valence-electron chi connectivity index (χ4n) is 2.53. The summed E-state index contributed by atoms with van der Waals surface area (Å²) in [5, 5.41) is 25.7. The highest BCUT2D eigenvalue weighted by atomic mass is 16.3. The van der Waals surface area contributed by atoms with E-state index < -0.39 is 0 Å². The Kier molecular flexibility index (Phi) is 3.88. The van der Waals surface area contributed by atoms with Gasteiger partial charge in [0.2, 0.25) is 11.7 Å². The number of aromatic nitrogens is 5. The third-order valence-electron chi connectivity index (χ3n) is 3.85. The Morgan fingerprint density at radius 3 is 2.88 bits per heavy atom. The number of nitrogens with zero attached hydrogens (tertiary/aromatic N) is 5. The smallest absolute Gasteiger partial charge is 0.227 e. The molecule has 8 heteroatoms. The second-order valence-corrected chi connectivity index (χ2v) is 5.57. The molecule has 0 saturated heterocycles. The lowest BCUT2D eigenvalue weighted by Gasteiger charge is -2.07. The van der Waals surface area contributed by atoms with Gasteiger partial charge >= 0.3 is 0 Å². The second kappa shape index (κ2) is 6.49. The van der Waals surface area contributed by atoms with Gasteiger partial charge in [-0.2, -0.15) is 10.5 Å². The molecular weight excluding hydrogens is 330 g/mol. The topological polar surface area (TPSA) is 116 Å². The largest absolute Gasteiger partial charge is 0.436 e. The number of rotatable bonds is 4. The van der Waals surface area contributed by atoms with Gasteiger partial charge in [0.1, 0.15) is 17.2 Å². The number of aromatic amines is 1. The van der Waals surface area contributed by atoms with Gasteiger partial charge in [-0.15, -0.1) is 10.2 Å². The van der Waals surface area contributed by atoms with Crippen molar-refractivity contribution in [2.75, 3.05) is 5.32 Å². The minimum Gasteiger partial charge on any atom is -0.436 e. The first-order valence-electron chi connectivity index (χ1n) is 7.82. The summed E-state index contributed by atoms with van der Waals surface area (Å²) < 4.78 is 5.80. The highest BCUT2D eigenvalue weighted by Crippen LogP contribution is 2.27. The molecular formula is C18H13N7O. The number of aryl methyl sites for hydroxylation is 1. The molecule has 0 radical (unpaired) electrons. The quantitative estimate of drug-likeness (QED) is 0.546. The number of fused-ring (bicyclic) bond motifs is 1. The zero-order valence-corrected chi connectivity index (χ0v) is 13.8. The summed E-state index contributed by atoms with van der Waals surface area (Å²) in [6, 6.07) is 15.5.